The zero-order valence-electron chi connectivity index (χ0n) is 26.2. The Morgan fingerprint density at radius 2 is 1.42 bits per heavy atom. The third-order valence-corrected chi connectivity index (χ3v) is 8.46. The summed E-state index contributed by atoms with van der Waals surface area (Å²) in [5.41, 5.74) is 0.906. The maximum Gasteiger partial charge on any atom is 0.303 e. The Balaban J connectivity index is 1.86. The monoisotopic (exact) mass is 654 g/mol. The predicted octanol–water partition coefficient (Wildman–Crippen LogP) is 2.49. The molecule has 250 valence electrons. The van der Waals surface area contributed by atoms with Crippen LogP contribution in [0.25, 0.3) is 0 Å². The highest BCUT2D eigenvalue weighted by molar-refractivity contribution is 7.90. The van der Waals surface area contributed by atoms with Crippen molar-refractivity contribution in [2.45, 2.75) is 115 Å². The van der Waals surface area contributed by atoms with Crippen molar-refractivity contribution in [2.24, 2.45) is 4.99 Å². The normalized spacial score (nSPS) is 24.3. The Morgan fingerprint density at radius 3 is 2.00 bits per heavy atom. The first-order valence-electron chi connectivity index (χ1n) is 14.8. The lowest BCUT2D eigenvalue weighted by molar-refractivity contribution is -0.307. The van der Waals surface area contributed by atoms with E-state index in [1.165, 1.54) is 19.1 Å². The summed E-state index contributed by atoms with van der Waals surface area (Å²) in [5.74, 6) is -2.76. The van der Waals surface area contributed by atoms with Crippen molar-refractivity contribution in [3.63, 3.8) is 0 Å². The molecule has 45 heavy (non-hydrogen) atoms. The van der Waals surface area contributed by atoms with Crippen LogP contribution in [0, 0.1) is 6.92 Å². The van der Waals surface area contributed by atoms with E-state index in [1.807, 2.05) is 6.92 Å². The number of ether oxygens (including phenoxy) is 6. The molecule has 0 bridgehead atoms. The van der Waals surface area contributed by atoms with Gasteiger partial charge in [0.15, 0.2) is 24.6 Å². The molecule has 14 nitrogen and oxygen atoms in total. The molecule has 1 aromatic carbocycles. The number of amidine groups is 1. The van der Waals surface area contributed by atoms with Gasteiger partial charge in [-0.25, -0.2) is 8.42 Å². The van der Waals surface area contributed by atoms with Crippen LogP contribution in [0.1, 0.15) is 71.8 Å². The molecule has 0 radical (unpaired) electrons. The van der Waals surface area contributed by atoms with E-state index < -0.39 is 71.2 Å². The lowest BCUT2D eigenvalue weighted by atomic mass is 9.96. The summed E-state index contributed by atoms with van der Waals surface area (Å²) < 4.78 is 62.3. The Labute approximate surface area is 263 Å². The zero-order valence-corrected chi connectivity index (χ0v) is 27.0. The molecule has 0 amide bonds. The van der Waals surface area contributed by atoms with E-state index in [4.69, 9.17) is 33.4 Å². The van der Waals surface area contributed by atoms with E-state index in [0.29, 0.717) is 0 Å². The van der Waals surface area contributed by atoms with E-state index >= 15 is 0 Å². The van der Waals surface area contributed by atoms with Crippen molar-refractivity contribution in [3.05, 3.63) is 29.8 Å². The van der Waals surface area contributed by atoms with Crippen LogP contribution < -0.4 is 4.72 Å². The Kier molecular flexibility index (Phi) is 13.3. The third-order valence-electron chi connectivity index (χ3n) is 7.07. The quantitative estimate of drug-likeness (QED) is 0.151. The molecule has 1 N–H and O–H groups in total. The van der Waals surface area contributed by atoms with E-state index in [0.717, 1.165) is 58.4 Å². The smallest absolute Gasteiger partial charge is 0.303 e. The van der Waals surface area contributed by atoms with E-state index in [1.54, 1.807) is 12.1 Å². The molecule has 0 spiro atoms. The number of aryl methyl sites for hydroxylation is 1. The first kappa shape index (κ1) is 35.9. The lowest BCUT2D eigenvalue weighted by Gasteiger charge is -2.44. The average molecular weight is 655 g/mol. The van der Waals surface area contributed by atoms with Crippen LogP contribution in [0.3, 0.4) is 0 Å². The number of hydrogen-bond acceptors (Lipinski definition) is 13. The molecule has 5 atom stereocenters. The van der Waals surface area contributed by atoms with Gasteiger partial charge in [-0.05, 0) is 31.9 Å². The van der Waals surface area contributed by atoms with Gasteiger partial charge in [0.05, 0.1) is 17.5 Å². The van der Waals surface area contributed by atoms with Gasteiger partial charge in [0.1, 0.15) is 18.5 Å². The number of rotatable bonds is 12. The summed E-state index contributed by atoms with van der Waals surface area (Å²) in [6, 6.07) is 6.33. The molecule has 1 aliphatic carbocycles. The number of esters is 4. The highest BCUT2D eigenvalue weighted by Crippen LogP contribution is 2.30. The fourth-order valence-corrected chi connectivity index (χ4v) is 6.18. The second-order valence-corrected chi connectivity index (χ2v) is 12.7. The molecule has 0 aromatic heterocycles. The van der Waals surface area contributed by atoms with Gasteiger partial charge in [0.2, 0.25) is 0 Å². The number of nitrogens with zero attached hydrogens (tertiary/aromatic N) is 1. The molecule has 2 aliphatic rings. The van der Waals surface area contributed by atoms with Crippen LogP contribution in [0.2, 0.25) is 0 Å². The number of nitrogens with one attached hydrogen (secondary N) is 1. The summed E-state index contributed by atoms with van der Waals surface area (Å²) in [4.78, 5) is 52.4. The maximum atomic E-state index is 13.2. The van der Waals surface area contributed by atoms with Crippen LogP contribution in [0.4, 0.5) is 0 Å². The van der Waals surface area contributed by atoms with Gasteiger partial charge in [-0.3, -0.25) is 28.9 Å². The predicted molar refractivity (Wildman–Crippen MR) is 158 cm³/mol. The highest BCUT2D eigenvalue weighted by atomic mass is 32.2. The van der Waals surface area contributed by atoms with Crippen LogP contribution in [0.5, 0.6) is 0 Å². The molecule has 1 heterocycles. The Bertz CT molecular complexity index is 1320. The zero-order chi connectivity index (χ0) is 33.1. The minimum absolute atomic E-state index is 0.00549. The summed E-state index contributed by atoms with van der Waals surface area (Å²) in [6.45, 7) is 5.83. The van der Waals surface area contributed by atoms with Crippen molar-refractivity contribution in [1.82, 2.24) is 4.72 Å². The fourth-order valence-electron chi connectivity index (χ4n) is 5.10. The first-order valence-corrected chi connectivity index (χ1v) is 16.3. The number of aliphatic imine (C=N–C) groups is 1. The van der Waals surface area contributed by atoms with Crippen molar-refractivity contribution in [3.8, 4) is 0 Å². The van der Waals surface area contributed by atoms with Gasteiger partial charge in [-0.15, -0.1) is 0 Å². The summed E-state index contributed by atoms with van der Waals surface area (Å²) >= 11 is 0. The largest absolute Gasteiger partial charge is 0.463 e. The summed E-state index contributed by atoms with van der Waals surface area (Å²) in [5, 5.41) is 0. The number of carbonyl (C=O) groups excluding carboxylic acids is 4. The molecule has 1 aliphatic heterocycles. The summed E-state index contributed by atoms with van der Waals surface area (Å²) in [6.07, 6.45) is -1.99. The fraction of sp³-hybridized carbons (Fsp3) is 0.633. The van der Waals surface area contributed by atoms with Crippen LogP contribution in [-0.2, 0) is 57.6 Å². The van der Waals surface area contributed by atoms with Gasteiger partial charge in [0.25, 0.3) is 10.0 Å². The van der Waals surface area contributed by atoms with E-state index in [2.05, 4.69) is 4.72 Å². The lowest BCUT2D eigenvalue weighted by Crippen LogP contribution is -2.63. The van der Waals surface area contributed by atoms with Gasteiger partial charge in [0, 0.05) is 34.1 Å². The molecule has 0 unspecified atom stereocenters. The van der Waals surface area contributed by atoms with E-state index in [-0.39, 0.29) is 29.8 Å². The third kappa shape index (κ3) is 11.4. The highest BCUT2D eigenvalue weighted by Gasteiger charge is 2.52. The average Bonchev–Trinajstić information content (AvgIpc) is 2.94. The molecule has 2 fully saturated rings. The molecule has 3 rings (SSSR count). The molecular weight excluding hydrogens is 612 g/mol. The Morgan fingerprint density at radius 1 is 0.844 bits per heavy atom. The number of carbonyl (C=O) groups is 4. The van der Waals surface area contributed by atoms with Crippen LogP contribution >= 0.6 is 0 Å². The summed E-state index contributed by atoms with van der Waals surface area (Å²) in [7, 11) is -3.97. The maximum absolute atomic E-state index is 13.2. The number of benzene rings is 1. The molecule has 15 heteroatoms. The van der Waals surface area contributed by atoms with Gasteiger partial charge < -0.3 is 28.4 Å². The van der Waals surface area contributed by atoms with Crippen LogP contribution in [-0.4, -0.2) is 88.1 Å². The van der Waals surface area contributed by atoms with Crippen molar-refractivity contribution < 1.29 is 56.0 Å². The minimum Gasteiger partial charge on any atom is -0.463 e. The molecular formula is C30H42N2O12S. The van der Waals surface area contributed by atoms with Crippen molar-refractivity contribution in [2.75, 3.05) is 13.2 Å². The number of hydrogen-bond donors (Lipinski definition) is 1. The standard InChI is InChI=1S/C30H42N2O12S/c1-18-11-13-24(14-12-18)45(37,38)32-26(31-23-9-7-6-8-10-23)15-16-39-30-29(43-22(5)36)28(42-21(4)35)27(41-20(3)34)25(44-30)17-40-19(2)33/h11-14,23,25,27-30H,6-10,15-17H2,1-5H3,(H,31,32)/t25-,27-,28+,29-,30-/m1/s1. The number of sulfonamides is 1. The molecule has 1 saturated carbocycles. The van der Waals surface area contributed by atoms with Gasteiger partial charge in [-0.2, -0.15) is 0 Å². The van der Waals surface area contributed by atoms with Gasteiger partial charge in [-0.1, -0.05) is 37.0 Å². The first-order chi connectivity index (χ1) is 21.2. The Hall–Kier alpha value is -3.56. The van der Waals surface area contributed by atoms with Crippen molar-refractivity contribution >= 4 is 39.7 Å². The minimum atomic E-state index is -3.97. The van der Waals surface area contributed by atoms with Crippen LogP contribution in [0.15, 0.2) is 34.2 Å². The van der Waals surface area contributed by atoms with E-state index in [9.17, 15) is 27.6 Å². The molecule has 1 saturated heterocycles. The SMILES string of the molecule is CC(=O)OC[C@H]1O[C@@H](OCCC(=NC2CCCCC2)NS(=O)(=O)c2ccc(C)cc2)[C@H](OC(C)=O)[C@@H](OC(C)=O)[C@@H]1OC(C)=O. The topological polar surface area (TPSA) is 182 Å². The molecule has 1 aromatic rings. The van der Waals surface area contributed by atoms with Gasteiger partial charge >= 0.3 is 23.9 Å². The van der Waals surface area contributed by atoms with Crippen molar-refractivity contribution in [1.29, 1.82) is 0 Å². The second-order valence-electron chi connectivity index (χ2n) is 11.0. The second kappa shape index (κ2) is 16.7.